The van der Waals surface area contributed by atoms with Gasteiger partial charge in [0.2, 0.25) is 0 Å². The molecule has 0 unspecified atom stereocenters. The summed E-state index contributed by atoms with van der Waals surface area (Å²) in [5.41, 5.74) is 2.99. The van der Waals surface area contributed by atoms with Gasteiger partial charge in [-0.2, -0.15) is 13.5 Å². The average Bonchev–Trinajstić information content (AvgIpc) is 2.51. The van der Waals surface area contributed by atoms with Gasteiger partial charge in [0.1, 0.15) is 5.75 Å². The lowest BCUT2D eigenvalue weighted by molar-refractivity contribution is 0.340. The number of hydrogen-bond donors (Lipinski definition) is 1. The summed E-state index contributed by atoms with van der Waals surface area (Å²) in [6, 6.07) is 12.1. The number of nitrogens with zero attached hydrogens (tertiary/aromatic N) is 1. The molecule has 0 saturated carbocycles. The third-order valence-electron chi connectivity index (χ3n) is 3.26. The number of benzene rings is 2. The molecule has 0 bridgehead atoms. The summed E-state index contributed by atoms with van der Waals surface area (Å²) in [5, 5.41) is 3.86. The van der Waals surface area contributed by atoms with Gasteiger partial charge in [-0.25, -0.2) is 4.83 Å². The third kappa shape index (κ3) is 4.56. The average molecular weight is 332 g/mol. The minimum absolute atomic E-state index is 0.138. The summed E-state index contributed by atoms with van der Waals surface area (Å²) in [6.07, 6.45) is 1.51. The minimum Gasteiger partial charge on any atom is -0.494 e. The van der Waals surface area contributed by atoms with Gasteiger partial charge in [-0.05, 0) is 56.2 Å². The van der Waals surface area contributed by atoms with Gasteiger partial charge in [-0.1, -0.05) is 23.8 Å². The van der Waals surface area contributed by atoms with Crippen LogP contribution in [0.5, 0.6) is 5.75 Å². The van der Waals surface area contributed by atoms with E-state index in [9.17, 15) is 8.42 Å². The predicted octanol–water partition coefficient (Wildman–Crippen LogP) is 3.01. The van der Waals surface area contributed by atoms with Gasteiger partial charge in [0.15, 0.2) is 0 Å². The van der Waals surface area contributed by atoms with Crippen molar-refractivity contribution in [1.29, 1.82) is 0 Å². The van der Waals surface area contributed by atoms with Crippen LogP contribution in [0.1, 0.15) is 23.6 Å². The van der Waals surface area contributed by atoms with E-state index >= 15 is 0 Å². The lowest BCUT2D eigenvalue weighted by Gasteiger charge is -2.06. The number of sulfonamides is 1. The van der Waals surface area contributed by atoms with Crippen molar-refractivity contribution in [2.75, 3.05) is 6.61 Å². The Balaban J connectivity index is 2.11. The molecule has 23 heavy (non-hydrogen) atoms. The molecule has 6 heteroatoms. The molecule has 0 saturated heterocycles. The quantitative estimate of drug-likeness (QED) is 0.653. The van der Waals surface area contributed by atoms with Crippen LogP contribution in [0.15, 0.2) is 52.5 Å². The Bertz CT molecular complexity index is 797. The molecule has 1 N–H and O–H groups in total. The molecule has 0 aliphatic rings. The number of ether oxygens (including phenoxy) is 1. The standard InChI is InChI=1S/C17H20N2O3S/c1-4-22-16-7-9-17(10-8-16)23(20,21)19-18-12-15-11-13(2)5-6-14(15)3/h5-12,19H,4H2,1-3H3. The van der Waals surface area contributed by atoms with Crippen molar-refractivity contribution in [3.8, 4) is 5.75 Å². The largest absolute Gasteiger partial charge is 0.494 e. The van der Waals surface area contributed by atoms with Crippen molar-refractivity contribution in [3.05, 3.63) is 59.2 Å². The third-order valence-corrected chi connectivity index (χ3v) is 4.49. The number of nitrogens with one attached hydrogen (secondary N) is 1. The lowest BCUT2D eigenvalue weighted by atomic mass is 10.1. The van der Waals surface area contributed by atoms with Gasteiger partial charge in [0.25, 0.3) is 10.0 Å². The van der Waals surface area contributed by atoms with Gasteiger partial charge in [-0.3, -0.25) is 0 Å². The van der Waals surface area contributed by atoms with Crippen LogP contribution in [0.3, 0.4) is 0 Å². The first-order chi connectivity index (χ1) is 10.9. The molecule has 0 atom stereocenters. The fourth-order valence-electron chi connectivity index (χ4n) is 2.00. The molecular weight excluding hydrogens is 312 g/mol. The van der Waals surface area contributed by atoms with E-state index in [-0.39, 0.29) is 4.90 Å². The van der Waals surface area contributed by atoms with E-state index in [0.717, 1.165) is 16.7 Å². The molecule has 0 radical (unpaired) electrons. The molecule has 0 aliphatic heterocycles. The first-order valence-corrected chi connectivity index (χ1v) is 8.75. The van der Waals surface area contributed by atoms with E-state index in [1.165, 1.54) is 18.3 Å². The predicted molar refractivity (Wildman–Crippen MR) is 91.4 cm³/mol. The maximum absolute atomic E-state index is 12.2. The molecule has 0 aliphatic carbocycles. The van der Waals surface area contributed by atoms with Crippen molar-refractivity contribution in [3.63, 3.8) is 0 Å². The molecule has 5 nitrogen and oxygen atoms in total. The summed E-state index contributed by atoms with van der Waals surface area (Å²) in [4.78, 5) is 2.36. The van der Waals surface area contributed by atoms with Gasteiger partial charge in [-0.15, -0.1) is 0 Å². The van der Waals surface area contributed by atoms with Crippen molar-refractivity contribution in [2.45, 2.75) is 25.7 Å². The summed E-state index contributed by atoms with van der Waals surface area (Å²) in [6.45, 7) is 6.32. The molecule has 0 fully saturated rings. The van der Waals surface area contributed by atoms with Crippen molar-refractivity contribution < 1.29 is 13.2 Å². The Morgan fingerprint density at radius 2 is 1.83 bits per heavy atom. The number of hydrogen-bond acceptors (Lipinski definition) is 4. The van der Waals surface area contributed by atoms with E-state index in [0.29, 0.717) is 12.4 Å². The minimum atomic E-state index is -3.69. The number of hydrazone groups is 1. The Morgan fingerprint density at radius 3 is 2.48 bits per heavy atom. The van der Waals surface area contributed by atoms with Gasteiger partial charge in [0, 0.05) is 0 Å². The Hall–Kier alpha value is -2.34. The highest BCUT2D eigenvalue weighted by atomic mass is 32.2. The van der Waals surface area contributed by atoms with E-state index in [1.54, 1.807) is 12.1 Å². The van der Waals surface area contributed by atoms with Crippen LogP contribution < -0.4 is 9.57 Å². The van der Waals surface area contributed by atoms with Crippen LogP contribution >= 0.6 is 0 Å². The zero-order chi connectivity index (χ0) is 16.9. The summed E-state index contributed by atoms with van der Waals surface area (Å²) in [5.74, 6) is 0.630. The van der Waals surface area contributed by atoms with Gasteiger partial charge in [0.05, 0.1) is 17.7 Å². The first-order valence-electron chi connectivity index (χ1n) is 7.27. The molecule has 0 aromatic heterocycles. The Kier molecular flexibility index (Phi) is 5.39. The fraction of sp³-hybridized carbons (Fsp3) is 0.235. The smallest absolute Gasteiger partial charge is 0.276 e. The van der Waals surface area contributed by atoms with Crippen LogP contribution in [0, 0.1) is 13.8 Å². The lowest BCUT2D eigenvalue weighted by Crippen LogP contribution is -2.18. The molecule has 2 aromatic carbocycles. The van der Waals surface area contributed by atoms with Gasteiger partial charge >= 0.3 is 0 Å². The summed E-state index contributed by atoms with van der Waals surface area (Å²) in [7, 11) is -3.69. The second-order valence-corrected chi connectivity index (χ2v) is 6.78. The highest BCUT2D eigenvalue weighted by Gasteiger charge is 2.12. The monoisotopic (exact) mass is 332 g/mol. The fourth-order valence-corrected chi connectivity index (χ4v) is 2.79. The van der Waals surface area contributed by atoms with Crippen molar-refractivity contribution in [1.82, 2.24) is 4.83 Å². The summed E-state index contributed by atoms with van der Waals surface area (Å²) >= 11 is 0. The van der Waals surface area contributed by atoms with Crippen LogP contribution in [-0.4, -0.2) is 21.2 Å². The van der Waals surface area contributed by atoms with Crippen LogP contribution in [0.25, 0.3) is 0 Å². The van der Waals surface area contributed by atoms with E-state index in [4.69, 9.17) is 4.74 Å². The first kappa shape index (κ1) is 17.0. The number of aryl methyl sites for hydroxylation is 2. The molecule has 0 heterocycles. The van der Waals surface area contributed by atoms with E-state index in [1.807, 2.05) is 39.0 Å². The maximum Gasteiger partial charge on any atom is 0.276 e. The maximum atomic E-state index is 12.2. The SMILES string of the molecule is CCOc1ccc(S(=O)(=O)NN=Cc2cc(C)ccc2C)cc1. The van der Waals surface area contributed by atoms with Crippen molar-refractivity contribution >= 4 is 16.2 Å². The molecule has 122 valence electrons. The topological polar surface area (TPSA) is 67.8 Å². The second kappa shape index (κ2) is 7.28. The molecule has 2 aromatic rings. The van der Waals surface area contributed by atoms with Crippen LogP contribution in [-0.2, 0) is 10.0 Å². The zero-order valence-corrected chi connectivity index (χ0v) is 14.2. The van der Waals surface area contributed by atoms with Crippen LogP contribution in [0.2, 0.25) is 0 Å². The van der Waals surface area contributed by atoms with Crippen LogP contribution in [0.4, 0.5) is 0 Å². The normalized spacial score (nSPS) is 11.6. The second-order valence-electron chi connectivity index (χ2n) is 5.12. The molecule has 0 spiro atoms. The van der Waals surface area contributed by atoms with Crippen molar-refractivity contribution in [2.24, 2.45) is 5.10 Å². The van der Waals surface area contributed by atoms with Gasteiger partial charge < -0.3 is 4.74 Å². The zero-order valence-electron chi connectivity index (χ0n) is 13.4. The van der Waals surface area contributed by atoms with E-state index in [2.05, 4.69) is 9.93 Å². The summed E-state index contributed by atoms with van der Waals surface area (Å²) < 4.78 is 29.6. The number of rotatable bonds is 6. The van der Waals surface area contributed by atoms with E-state index < -0.39 is 10.0 Å². The highest BCUT2D eigenvalue weighted by Crippen LogP contribution is 2.16. The Morgan fingerprint density at radius 1 is 1.13 bits per heavy atom. The highest BCUT2D eigenvalue weighted by molar-refractivity contribution is 7.89. The molecule has 2 rings (SSSR count). The molecule has 0 amide bonds. The molecular formula is C17H20N2O3S. The Labute approximate surface area is 137 Å².